The number of carbonyl (C=O) groups is 2. The van der Waals surface area contributed by atoms with Crippen LogP contribution < -0.4 is 10.6 Å². The largest absolute Gasteiger partial charge is 0.388 e. The first-order valence-electron chi connectivity index (χ1n) is 5.25. The summed E-state index contributed by atoms with van der Waals surface area (Å²) >= 11 is 0. The molecule has 1 fully saturated rings. The lowest BCUT2D eigenvalue weighted by atomic mass is 9.80. The van der Waals surface area contributed by atoms with Gasteiger partial charge in [0.2, 0.25) is 11.8 Å². The molecule has 1 aliphatic rings. The van der Waals surface area contributed by atoms with E-state index < -0.39 is 5.60 Å². The van der Waals surface area contributed by atoms with E-state index in [-0.39, 0.29) is 18.2 Å². The summed E-state index contributed by atoms with van der Waals surface area (Å²) in [5.41, 5.74) is -0.677. The molecule has 1 aliphatic carbocycles. The molecule has 0 radical (unpaired) electrons. The Balaban J connectivity index is 2.05. The zero-order chi connectivity index (χ0) is 11.3. The van der Waals surface area contributed by atoms with Gasteiger partial charge in [0, 0.05) is 26.4 Å². The number of hydrogen-bond acceptors (Lipinski definition) is 3. The van der Waals surface area contributed by atoms with Gasteiger partial charge in [0.15, 0.2) is 0 Å². The number of nitrogens with one attached hydrogen (secondary N) is 2. The van der Waals surface area contributed by atoms with E-state index in [1.165, 1.54) is 6.92 Å². The number of rotatable bonds is 5. The summed E-state index contributed by atoms with van der Waals surface area (Å²) in [4.78, 5) is 21.8. The number of carbonyl (C=O) groups excluding carboxylic acids is 2. The molecule has 1 saturated carbocycles. The maximum atomic E-state index is 11.2. The van der Waals surface area contributed by atoms with Gasteiger partial charge >= 0.3 is 0 Å². The molecule has 0 aromatic carbocycles. The monoisotopic (exact) mass is 214 g/mol. The number of amides is 2. The minimum absolute atomic E-state index is 0.135. The minimum Gasteiger partial charge on any atom is -0.388 e. The Morgan fingerprint density at radius 1 is 1.33 bits per heavy atom. The molecule has 0 bridgehead atoms. The van der Waals surface area contributed by atoms with Crippen LogP contribution in [0.15, 0.2) is 0 Å². The Morgan fingerprint density at radius 2 is 2.00 bits per heavy atom. The van der Waals surface area contributed by atoms with Crippen LogP contribution >= 0.6 is 0 Å². The molecule has 0 heterocycles. The zero-order valence-corrected chi connectivity index (χ0v) is 9.01. The maximum Gasteiger partial charge on any atom is 0.221 e. The van der Waals surface area contributed by atoms with Crippen LogP contribution in [0.5, 0.6) is 0 Å². The Labute approximate surface area is 89.2 Å². The normalized spacial score (nSPS) is 17.7. The van der Waals surface area contributed by atoms with Crippen LogP contribution in [-0.2, 0) is 9.59 Å². The molecule has 1 rings (SSSR count). The predicted octanol–water partition coefficient (Wildman–Crippen LogP) is -0.456. The molecule has 86 valence electrons. The van der Waals surface area contributed by atoms with Gasteiger partial charge in [-0.1, -0.05) is 0 Å². The van der Waals surface area contributed by atoms with Gasteiger partial charge in [-0.25, -0.2) is 0 Å². The van der Waals surface area contributed by atoms with E-state index >= 15 is 0 Å². The summed E-state index contributed by atoms with van der Waals surface area (Å²) in [6.45, 7) is 2.08. The lowest BCUT2D eigenvalue weighted by Gasteiger charge is -2.36. The molecule has 0 aromatic heterocycles. The van der Waals surface area contributed by atoms with Crippen LogP contribution in [0.2, 0.25) is 0 Å². The highest BCUT2D eigenvalue weighted by atomic mass is 16.3. The molecular formula is C10H18N2O3. The van der Waals surface area contributed by atoms with Gasteiger partial charge in [-0.15, -0.1) is 0 Å². The van der Waals surface area contributed by atoms with Crippen molar-refractivity contribution in [3.8, 4) is 0 Å². The van der Waals surface area contributed by atoms with Gasteiger partial charge in [0.05, 0.1) is 5.60 Å². The fraction of sp³-hybridized carbons (Fsp3) is 0.800. The van der Waals surface area contributed by atoms with Gasteiger partial charge in [-0.2, -0.15) is 0 Å². The molecule has 0 aliphatic heterocycles. The van der Waals surface area contributed by atoms with E-state index in [2.05, 4.69) is 10.6 Å². The number of hydrogen-bond donors (Lipinski definition) is 3. The average molecular weight is 214 g/mol. The maximum absolute atomic E-state index is 11.2. The van der Waals surface area contributed by atoms with Crippen molar-refractivity contribution in [2.45, 2.75) is 38.2 Å². The third-order valence-electron chi connectivity index (χ3n) is 2.62. The first kappa shape index (κ1) is 12.0. The molecule has 5 nitrogen and oxygen atoms in total. The zero-order valence-electron chi connectivity index (χ0n) is 9.01. The minimum atomic E-state index is -0.677. The van der Waals surface area contributed by atoms with E-state index in [1.54, 1.807) is 0 Å². The second kappa shape index (κ2) is 5.11. The van der Waals surface area contributed by atoms with Crippen LogP contribution in [0.1, 0.15) is 32.6 Å². The Hall–Kier alpha value is -1.10. The van der Waals surface area contributed by atoms with Gasteiger partial charge < -0.3 is 15.7 Å². The third-order valence-corrected chi connectivity index (χ3v) is 2.62. The standard InChI is InChI=1S/C10H18N2O3/c1-8(13)11-6-3-9(14)12-7-10(15)4-2-5-10/h15H,2-7H2,1H3,(H,11,13)(H,12,14). The van der Waals surface area contributed by atoms with Crippen molar-refractivity contribution in [1.29, 1.82) is 0 Å². The Morgan fingerprint density at radius 3 is 2.47 bits per heavy atom. The average Bonchev–Trinajstić information content (AvgIpc) is 2.11. The van der Waals surface area contributed by atoms with E-state index in [1.807, 2.05) is 0 Å². The van der Waals surface area contributed by atoms with Crippen molar-refractivity contribution in [1.82, 2.24) is 10.6 Å². The first-order chi connectivity index (χ1) is 7.02. The Kier molecular flexibility index (Phi) is 4.08. The molecule has 2 amide bonds. The van der Waals surface area contributed by atoms with Gasteiger partial charge in [-0.3, -0.25) is 9.59 Å². The third kappa shape index (κ3) is 4.29. The molecule has 3 N–H and O–H groups in total. The molecule has 0 spiro atoms. The van der Waals surface area contributed by atoms with Crippen LogP contribution in [0.25, 0.3) is 0 Å². The van der Waals surface area contributed by atoms with Crippen LogP contribution in [0.3, 0.4) is 0 Å². The molecule has 0 saturated heterocycles. The summed E-state index contributed by atoms with van der Waals surface area (Å²) in [7, 11) is 0. The predicted molar refractivity (Wildman–Crippen MR) is 55.1 cm³/mol. The van der Waals surface area contributed by atoms with Crippen molar-refractivity contribution in [3.63, 3.8) is 0 Å². The fourth-order valence-electron chi connectivity index (χ4n) is 1.47. The Bertz CT molecular complexity index is 249. The van der Waals surface area contributed by atoms with E-state index in [9.17, 15) is 14.7 Å². The molecule has 0 unspecified atom stereocenters. The SMILES string of the molecule is CC(=O)NCCC(=O)NCC1(O)CCC1. The van der Waals surface area contributed by atoms with Crippen molar-refractivity contribution in [2.75, 3.05) is 13.1 Å². The summed E-state index contributed by atoms with van der Waals surface area (Å²) in [6, 6.07) is 0. The molecule has 0 aromatic rings. The van der Waals surface area contributed by atoms with E-state index in [0.717, 1.165) is 19.3 Å². The molecular weight excluding hydrogens is 196 g/mol. The van der Waals surface area contributed by atoms with Crippen molar-refractivity contribution in [3.05, 3.63) is 0 Å². The van der Waals surface area contributed by atoms with Crippen LogP contribution in [0.4, 0.5) is 0 Å². The van der Waals surface area contributed by atoms with Crippen molar-refractivity contribution < 1.29 is 14.7 Å². The quantitative estimate of drug-likeness (QED) is 0.579. The second-order valence-corrected chi connectivity index (χ2v) is 4.09. The highest BCUT2D eigenvalue weighted by Crippen LogP contribution is 2.30. The highest BCUT2D eigenvalue weighted by Gasteiger charge is 2.34. The van der Waals surface area contributed by atoms with E-state index in [0.29, 0.717) is 13.1 Å². The lowest BCUT2D eigenvalue weighted by Crippen LogP contribution is -2.48. The summed E-state index contributed by atoms with van der Waals surface area (Å²) in [5.74, 6) is -0.274. The van der Waals surface area contributed by atoms with Crippen molar-refractivity contribution >= 4 is 11.8 Å². The summed E-state index contributed by atoms with van der Waals surface area (Å²) in [5, 5.41) is 14.9. The highest BCUT2D eigenvalue weighted by molar-refractivity contribution is 5.77. The topological polar surface area (TPSA) is 78.4 Å². The smallest absolute Gasteiger partial charge is 0.221 e. The fourth-order valence-corrected chi connectivity index (χ4v) is 1.47. The van der Waals surface area contributed by atoms with Crippen LogP contribution in [-0.4, -0.2) is 35.6 Å². The summed E-state index contributed by atoms with van der Waals surface area (Å²) < 4.78 is 0. The molecule has 0 atom stereocenters. The first-order valence-corrected chi connectivity index (χ1v) is 5.25. The van der Waals surface area contributed by atoms with Gasteiger partial charge in [0.1, 0.15) is 0 Å². The molecule has 5 heteroatoms. The van der Waals surface area contributed by atoms with Crippen molar-refractivity contribution in [2.24, 2.45) is 0 Å². The van der Waals surface area contributed by atoms with Gasteiger partial charge in [-0.05, 0) is 19.3 Å². The molecule has 15 heavy (non-hydrogen) atoms. The number of aliphatic hydroxyl groups is 1. The second-order valence-electron chi connectivity index (χ2n) is 4.09. The van der Waals surface area contributed by atoms with Gasteiger partial charge in [0.25, 0.3) is 0 Å². The van der Waals surface area contributed by atoms with Crippen LogP contribution in [0, 0.1) is 0 Å². The van der Waals surface area contributed by atoms with E-state index in [4.69, 9.17) is 0 Å². The summed E-state index contributed by atoms with van der Waals surface area (Å²) in [6.07, 6.45) is 2.81. The lowest BCUT2D eigenvalue weighted by molar-refractivity contribution is -0.123.